The number of benzene rings is 2. The van der Waals surface area contributed by atoms with Gasteiger partial charge in [0.1, 0.15) is 6.04 Å². The van der Waals surface area contributed by atoms with E-state index >= 15 is 0 Å². The zero-order valence-electron chi connectivity index (χ0n) is 21.4. The minimum Gasteiger partial charge on any atom is -0.325 e. The molecule has 188 valence electrons. The maximum absolute atomic E-state index is 13.5. The summed E-state index contributed by atoms with van der Waals surface area (Å²) >= 11 is 1.39. The van der Waals surface area contributed by atoms with E-state index in [0.29, 0.717) is 19.4 Å². The molecular formula is C30H39NO3S. The number of carbonyl (C=O) groups is 3. The number of likely N-dealkylation sites (tertiary alicyclic amines) is 1. The van der Waals surface area contributed by atoms with Crippen molar-refractivity contribution in [1.29, 1.82) is 0 Å². The second kappa shape index (κ2) is 13.1. The van der Waals surface area contributed by atoms with Crippen LogP contribution in [0.25, 0.3) is 0 Å². The lowest BCUT2D eigenvalue weighted by Gasteiger charge is -2.36. The van der Waals surface area contributed by atoms with Crippen LogP contribution in [0.1, 0.15) is 70.4 Å². The molecule has 1 aliphatic heterocycles. The van der Waals surface area contributed by atoms with Gasteiger partial charge in [0, 0.05) is 17.2 Å². The van der Waals surface area contributed by atoms with Crippen molar-refractivity contribution >= 4 is 28.6 Å². The summed E-state index contributed by atoms with van der Waals surface area (Å²) in [5.74, 6) is -0.866. The molecule has 1 atom stereocenters. The standard InChI is InChI=1S/C30H39NO3S/c1-4-30(2,3)27(32)28(33)31-22-12-11-17-26(31)29(34)35-25(20-18-23-13-7-5-8-14-23)21-19-24-15-9-6-10-16-24/h5-10,13-16,25-26H,4,11-12,17-22H2,1-3H3/t26-/m0/s1. The third-order valence-corrected chi connectivity index (χ3v) is 8.52. The van der Waals surface area contributed by atoms with Crippen LogP contribution in [0, 0.1) is 5.41 Å². The largest absolute Gasteiger partial charge is 0.325 e. The van der Waals surface area contributed by atoms with Gasteiger partial charge < -0.3 is 4.90 Å². The van der Waals surface area contributed by atoms with E-state index in [0.717, 1.165) is 38.5 Å². The molecule has 0 aliphatic carbocycles. The van der Waals surface area contributed by atoms with E-state index in [1.165, 1.54) is 22.9 Å². The first-order chi connectivity index (χ1) is 16.8. The van der Waals surface area contributed by atoms with Crippen molar-refractivity contribution in [2.75, 3.05) is 6.54 Å². The molecule has 1 heterocycles. The van der Waals surface area contributed by atoms with E-state index in [-0.39, 0.29) is 16.1 Å². The number of ketones is 1. The van der Waals surface area contributed by atoms with Crippen molar-refractivity contribution in [3.8, 4) is 0 Å². The average molecular weight is 494 g/mol. The molecule has 3 rings (SSSR count). The highest BCUT2D eigenvalue weighted by Gasteiger charge is 2.40. The highest BCUT2D eigenvalue weighted by molar-refractivity contribution is 8.14. The average Bonchev–Trinajstić information content (AvgIpc) is 2.90. The third kappa shape index (κ3) is 7.79. The molecule has 0 saturated carbocycles. The fraction of sp³-hybridized carbons (Fsp3) is 0.500. The van der Waals surface area contributed by atoms with Crippen molar-refractivity contribution in [2.24, 2.45) is 5.41 Å². The summed E-state index contributed by atoms with van der Waals surface area (Å²) in [7, 11) is 0. The van der Waals surface area contributed by atoms with Crippen LogP contribution >= 0.6 is 11.8 Å². The summed E-state index contributed by atoms with van der Waals surface area (Å²) in [6.45, 7) is 6.03. The van der Waals surface area contributed by atoms with E-state index in [9.17, 15) is 14.4 Å². The molecule has 0 spiro atoms. The summed E-state index contributed by atoms with van der Waals surface area (Å²) < 4.78 is 0. The van der Waals surface area contributed by atoms with Crippen LogP contribution in [0.4, 0.5) is 0 Å². The quantitative estimate of drug-likeness (QED) is 0.346. The Kier molecular flexibility index (Phi) is 10.1. The van der Waals surface area contributed by atoms with E-state index in [4.69, 9.17) is 0 Å². The lowest BCUT2D eigenvalue weighted by molar-refractivity contribution is -0.152. The van der Waals surface area contributed by atoms with Crippen LogP contribution in [-0.4, -0.2) is 39.5 Å². The van der Waals surface area contributed by atoms with Gasteiger partial charge in [-0.05, 0) is 62.5 Å². The number of amides is 1. The number of aryl methyl sites for hydroxylation is 2. The summed E-state index contributed by atoms with van der Waals surface area (Å²) in [5.41, 5.74) is 1.84. The Morgan fingerprint density at radius 1 is 0.914 bits per heavy atom. The number of nitrogens with zero attached hydrogens (tertiary/aromatic N) is 1. The number of carbonyl (C=O) groups excluding carboxylic acids is 3. The second-order valence-electron chi connectivity index (χ2n) is 10.2. The van der Waals surface area contributed by atoms with E-state index in [1.807, 2.05) is 57.2 Å². The van der Waals surface area contributed by atoms with Gasteiger partial charge in [0.25, 0.3) is 5.91 Å². The molecule has 0 unspecified atom stereocenters. The van der Waals surface area contributed by atoms with Gasteiger partial charge in [-0.3, -0.25) is 14.4 Å². The minimum atomic E-state index is -0.705. The van der Waals surface area contributed by atoms with Crippen LogP contribution in [-0.2, 0) is 27.2 Å². The van der Waals surface area contributed by atoms with Gasteiger partial charge in [0.05, 0.1) is 0 Å². The Bertz CT molecular complexity index is 930. The monoisotopic (exact) mass is 493 g/mol. The minimum absolute atomic E-state index is 0.0336. The van der Waals surface area contributed by atoms with Crippen LogP contribution in [0.15, 0.2) is 60.7 Å². The van der Waals surface area contributed by atoms with Gasteiger partial charge in [-0.1, -0.05) is 93.2 Å². The molecule has 0 aromatic heterocycles. The Morgan fingerprint density at radius 3 is 1.97 bits per heavy atom. The van der Waals surface area contributed by atoms with Crippen LogP contribution in [0.5, 0.6) is 0 Å². The Balaban J connectivity index is 1.70. The molecular weight excluding hydrogens is 454 g/mol. The number of hydrogen-bond donors (Lipinski definition) is 0. The third-order valence-electron chi connectivity index (χ3n) is 7.21. The zero-order chi connectivity index (χ0) is 25.3. The maximum Gasteiger partial charge on any atom is 0.291 e. The van der Waals surface area contributed by atoms with Crippen molar-refractivity contribution in [2.45, 2.75) is 83.4 Å². The normalized spacial score (nSPS) is 16.3. The van der Waals surface area contributed by atoms with Gasteiger partial charge in [0.15, 0.2) is 0 Å². The van der Waals surface area contributed by atoms with Gasteiger partial charge >= 0.3 is 0 Å². The van der Waals surface area contributed by atoms with E-state index in [1.54, 1.807) is 4.90 Å². The number of rotatable bonds is 11. The predicted octanol–water partition coefficient (Wildman–Crippen LogP) is 6.27. The van der Waals surface area contributed by atoms with Gasteiger partial charge in [-0.2, -0.15) is 0 Å². The molecule has 0 radical (unpaired) electrons. The molecule has 2 aromatic rings. The molecule has 2 aromatic carbocycles. The number of piperidine rings is 1. The summed E-state index contributed by atoms with van der Waals surface area (Å²) in [6.07, 6.45) is 6.61. The Morgan fingerprint density at radius 2 is 1.46 bits per heavy atom. The number of thioether (sulfide) groups is 1. The summed E-state index contributed by atoms with van der Waals surface area (Å²) in [6, 6.07) is 20.2. The van der Waals surface area contributed by atoms with Crippen molar-refractivity contribution in [1.82, 2.24) is 4.90 Å². The fourth-order valence-electron chi connectivity index (χ4n) is 4.45. The fourth-order valence-corrected chi connectivity index (χ4v) is 5.65. The highest BCUT2D eigenvalue weighted by atomic mass is 32.2. The highest BCUT2D eigenvalue weighted by Crippen LogP contribution is 2.31. The van der Waals surface area contributed by atoms with Gasteiger partial charge in [0.2, 0.25) is 10.9 Å². The van der Waals surface area contributed by atoms with Crippen molar-refractivity contribution in [3.63, 3.8) is 0 Å². The predicted molar refractivity (Wildman–Crippen MR) is 144 cm³/mol. The summed E-state index contributed by atoms with van der Waals surface area (Å²) in [5, 5.41) is 0.191. The van der Waals surface area contributed by atoms with E-state index < -0.39 is 17.4 Å². The first-order valence-electron chi connectivity index (χ1n) is 13.0. The molecule has 5 heteroatoms. The molecule has 0 bridgehead atoms. The lowest BCUT2D eigenvalue weighted by atomic mass is 9.84. The molecule has 1 aliphatic rings. The number of Topliss-reactive ketones (excluding diaryl/α,β-unsaturated/α-hetero) is 1. The molecule has 1 fully saturated rings. The van der Waals surface area contributed by atoms with Crippen LogP contribution in [0.2, 0.25) is 0 Å². The number of hydrogen-bond acceptors (Lipinski definition) is 4. The lowest BCUT2D eigenvalue weighted by Crippen LogP contribution is -2.52. The SMILES string of the molecule is CCC(C)(C)C(=O)C(=O)N1CCCC[C@H]1C(=O)SC(CCc1ccccc1)CCc1ccccc1. The molecule has 0 N–H and O–H groups in total. The van der Waals surface area contributed by atoms with Gasteiger partial charge in [-0.25, -0.2) is 0 Å². The van der Waals surface area contributed by atoms with Crippen molar-refractivity contribution in [3.05, 3.63) is 71.8 Å². The Hall–Kier alpha value is -2.40. The topological polar surface area (TPSA) is 54.5 Å². The first kappa shape index (κ1) is 27.2. The molecule has 4 nitrogen and oxygen atoms in total. The van der Waals surface area contributed by atoms with Crippen LogP contribution in [0.3, 0.4) is 0 Å². The maximum atomic E-state index is 13.5. The summed E-state index contributed by atoms with van der Waals surface area (Å²) in [4.78, 5) is 41.2. The van der Waals surface area contributed by atoms with Crippen LogP contribution < -0.4 is 0 Å². The second-order valence-corrected chi connectivity index (χ2v) is 11.5. The van der Waals surface area contributed by atoms with Gasteiger partial charge in [-0.15, -0.1) is 0 Å². The smallest absolute Gasteiger partial charge is 0.291 e. The van der Waals surface area contributed by atoms with Crippen molar-refractivity contribution < 1.29 is 14.4 Å². The zero-order valence-corrected chi connectivity index (χ0v) is 22.2. The van der Waals surface area contributed by atoms with E-state index in [2.05, 4.69) is 24.3 Å². The first-order valence-corrected chi connectivity index (χ1v) is 13.8. The molecule has 1 amide bonds. The molecule has 35 heavy (non-hydrogen) atoms. The molecule has 1 saturated heterocycles. The Labute approximate surface area is 214 Å².